The summed E-state index contributed by atoms with van der Waals surface area (Å²) in [4.78, 5) is 48.6. The van der Waals surface area contributed by atoms with E-state index >= 15 is 0 Å². The summed E-state index contributed by atoms with van der Waals surface area (Å²) in [5, 5.41) is 9.69. The molecule has 2 aliphatic rings. The zero-order valence-electron chi connectivity index (χ0n) is 24.6. The molecular weight excluding hydrogens is 532 g/mol. The Kier molecular flexibility index (Phi) is 8.89. The maximum absolute atomic E-state index is 13.5. The topological polar surface area (TPSA) is 126 Å². The number of benzene rings is 1. The molecule has 1 aliphatic heterocycles. The molecule has 1 saturated carbocycles. The Morgan fingerprint density at radius 1 is 1.02 bits per heavy atom. The number of carbonyl (C=O) groups excluding carboxylic acids is 3. The van der Waals surface area contributed by atoms with Gasteiger partial charge in [-0.25, -0.2) is 14.8 Å². The van der Waals surface area contributed by atoms with Crippen LogP contribution >= 0.6 is 0 Å². The van der Waals surface area contributed by atoms with E-state index < -0.39 is 5.60 Å². The number of fused-ring (bicyclic) bond motifs is 1. The predicted octanol–water partition coefficient (Wildman–Crippen LogP) is 4.29. The molecule has 1 aromatic carbocycles. The molecule has 0 bridgehead atoms. The lowest BCUT2D eigenvalue weighted by molar-refractivity contribution is -0.120. The van der Waals surface area contributed by atoms with E-state index in [4.69, 9.17) is 9.72 Å². The van der Waals surface area contributed by atoms with Gasteiger partial charge in [-0.1, -0.05) is 18.2 Å². The van der Waals surface area contributed by atoms with E-state index in [-0.39, 0.29) is 24.5 Å². The van der Waals surface area contributed by atoms with Gasteiger partial charge in [0.15, 0.2) is 0 Å². The molecule has 0 unspecified atom stereocenters. The van der Waals surface area contributed by atoms with E-state index in [1.807, 2.05) is 68.1 Å². The second-order valence-corrected chi connectivity index (χ2v) is 12.2. The lowest BCUT2D eigenvalue weighted by atomic mass is 9.82. The number of para-hydroxylation sites is 1. The summed E-state index contributed by atoms with van der Waals surface area (Å²) >= 11 is 0. The molecule has 3 N–H and O–H groups in total. The van der Waals surface area contributed by atoms with Crippen LogP contribution in [0.1, 0.15) is 56.8 Å². The van der Waals surface area contributed by atoms with Crippen molar-refractivity contribution in [3.63, 3.8) is 0 Å². The van der Waals surface area contributed by atoms with Crippen LogP contribution in [0.15, 0.2) is 48.7 Å². The van der Waals surface area contributed by atoms with Gasteiger partial charge >= 0.3 is 6.09 Å². The number of aromatic nitrogens is 2. The van der Waals surface area contributed by atoms with Crippen molar-refractivity contribution < 1.29 is 19.1 Å². The summed E-state index contributed by atoms with van der Waals surface area (Å²) in [7, 11) is 0. The Hall–Kier alpha value is -4.21. The lowest BCUT2D eigenvalue weighted by Gasteiger charge is -2.29. The summed E-state index contributed by atoms with van der Waals surface area (Å²) in [5.41, 5.74) is 2.30. The van der Waals surface area contributed by atoms with Crippen LogP contribution in [0.4, 0.5) is 10.6 Å². The fourth-order valence-electron chi connectivity index (χ4n) is 5.58. The average Bonchev–Trinajstić information content (AvgIpc) is 2.98. The van der Waals surface area contributed by atoms with Gasteiger partial charge in [0.05, 0.1) is 23.3 Å². The zero-order chi connectivity index (χ0) is 29.7. The number of piperazine rings is 1. The highest BCUT2D eigenvalue weighted by molar-refractivity contribution is 6.07. The number of amides is 3. The van der Waals surface area contributed by atoms with E-state index in [1.165, 1.54) is 0 Å². The van der Waals surface area contributed by atoms with Crippen LogP contribution in [0.25, 0.3) is 22.2 Å². The number of nitrogens with zero attached hydrogens (tertiary/aromatic N) is 3. The van der Waals surface area contributed by atoms with Crippen molar-refractivity contribution >= 4 is 34.6 Å². The van der Waals surface area contributed by atoms with Crippen LogP contribution in [0.3, 0.4) is 0 Å². The SMILES string of the molecule is CC(C)(C)OC(=O)NCC1CCC(CNC(=O)c2cc(-c3ccc(N4CCNC(=O)C4)nc3)nc3ccccc23)CC1. The first-order chi connectivity index (χ1) is 20.1. The Labute approximate surface area is 246 Å². The maximum atomic E-state index is 13.5. The first-order valence-corrected chi connectivity index (χ1v) is 14.8. The van der Waals surface area contributed by atoms with Gasteiger partial charge in [0.25, 0.3) is 5.91 Å². The molecule has 0 spiro atoms. The molecule has 3 amide bonds. The highest BCUT2D eigenvalue weighted by Crippen LogP contribution is 2.29. The summed E-state index contributed by atoms with van der Waals surface area (Å²) in [6, 6.07) is 13.3. The molecule has 222 valence electrons. The molecule has 0 atom stereocenters. The van der Waals surface area contributed by atoms with Crippen molar-refractivity contribution in [2.45, 2.75) is 52.1 Å². The average molecular weight is 573 g/mol. The zero-order valence-corrected chi connectivity index (χ0v) is 24.6. The summed E-state index contributed by atoms with van der Waals surface area (Å²) in [6.07, 6.45) is 5.38. The van der Waals surface area contributed by atoms with Gasteiger partial charge in [-0.2, -0.15) is 0 Å². The molecule has 1 aliphatic carbocycles. The number of carbonyl (C=O) groups is 3. The largest absolute Gasteiger partial charge is 0.444 e. The Morgan fingerprint density at radius 3 is 2.40 bits per heavy atom. The highest BCUT2D eigenvalue weighted by atomic mass is 16.6. The van der Waals surface area contributed by atoms with Gasteiger partial charge in [0, 0.05) is 43.3 Å². The number of nitrogens with one attached hydrogen (secondary N) is 3. The van der Waals surface area contributed by atoms with Crippen molar-refractivity contribution in [2.75, 3.05) is 37.6 Å². The number of hydrogen-bond donors (Lipinski definition) is 3. The Balaban J connectivity index is 1.20. The van der Waals surface area contributed by atoms with Crippen LogP contribution in [0.2, 0.25) is 0 Å². The van der Waals surface area contributed by atoms with Crippen molar-refractivity contribution in [3.8, 4) is 11.3 Å². The van der Waals surface area contributed by atoms with Crippen molar-refractivity contribution in [2.24, 2.45) is 11.8 Å². The molecule has 2 fully saturated rings. The molecular formula is C32H40N6O4. The van der Waals surface area contributed by atoms with E-state index in [1.54, 1.807) is 6.20 Å². The second kappa shape index (κ2) is 12.8. The second-order valence-electron chi connectivity index (χ2n) is 12.2. The van der Waals surface area contributed by atoms with Gasteiger partial charge in [-0.15, -0.1) is 0 Å². The minimum Gasteiger partial charge on any atom is -0.444 e. The molecule has 10 nitrogen and oxygen atoms in total. The predicted molar refractivity (Wildman–Crippen MR) is 162 cm³/mol. The van der Waals surface area contributed by atoms with Gasteiger partial charge in [-0.3, -0.25) is 9.59 Å². The van der Waals surface area contributed by atoms with E-state index in [0.29, 0.717) is 49.3 Å². The smallest absolute Gasteiger partial charge is 0.407 e. The molecule has 3 heterocycles. The monoisotopic (exact) mass is 572 g/mol. The molecule has 10 heteroatoms. The third-order valence-corrected chi connectivity index (χ3v) is 7.82. The first-order valence-electron chi connectivity index (χ1n) is 14.8. The Morgan fingerprint density at radius 2 is 1.74 bits per heavy atom. The standard InChI is InChI=1S/C32H40N6O4/c1-32(2,3)42-31(41)36-18-22-10-8-21(9-11-22)17-35-30(40)25-16-27(37-26-7-5-4-6-24(25)26)23-12-13-28(34-19-23)38-15-14-33-29(39)20-38/h4-7,12-13,16,19,21-22H,8-11,14-15,17-18,20H2,1-3H3,(H,33,39)(H,35,40)(H,36,41). The van der Waals surface area contributed by atoms with E-state index in [2.05, 4.69) is 20.9 Å². The molecule has 3 aromatic rings. The summed E-state index contributed by atoms with van der Waals surface area (Å²) < 4.78 is 5.34. The third kappa shape index (κ3) is 7.54. The molecule has 5 rings (SSSR count). The van der Waals surface area contributed by atoms with Crippen molar-refractivity contribution in [3.05, 3.63) is 54.2 Å². The molecule has 42 heavy (non-hydrogen) atoms. The molecule has 2 aromatic heterocycles. The van der Waals surface area contributed by atoms with Gasteiger partial charge in [-0.05, 0) is 82.6 Å². The Bertz CT molecular complexity index is 1430. The first kappa shape index (κ1) is 29.3. The quantitative estimate of drug-likeness (QED) is 0.386. The summed E-state index contributed by atoms with van der Waals surface area (Å²) in [6.45, 7) is 8.39. The van der Waals surface area contributed by atoms with Crippen LogP contribution in [-0.4, -0.2) is 66.2 Å². The van der Waals surface area contributed by atoms with Gasteiger partial charge in [0.1, 0.15) is 11.4 Å². The van der Waals surface area contributed by atoms with E-state index in [9.17, 15) is 14.4 Å². The fourth-order valence-corrected chi connectivity index (χ4v) is 5.58. The molecule has 0 radical (unpaired) electrons. The third-order valence-electron chi connectivity index (χ3n) is 7.82. The fraction of sp³-hybridized carbons (Fsp3) is 0.469. The number of ether oxygens (including phenoxy) is 1. The van der Waals surface area contributed by atoms with Crippen molar-refractivity contribution in [1.29, 1.82) is 0 Å². The van der Waals surface area contributed by atoms with Crippen LogP contribution in [0.5, 0.6) is 0 Å². The number of alkyl carbamates (subject to hydrolysis) is 1. The number of hydrogen-bond acceptors (Lipinski definition) is 7. The summed E-state index contributed by atoms with van der Waals surface area (Å²) in [5.74, 6) is 1.42. The number of pyridine rings is 2. The number of anilines is 1. The minimum absolute atomic E-state index is 0.0118. The van der Waals surface area contributed by atoms with E-state index in [0.717, 1.165) is 48.0 Å². The normalized spacial score (nSPS) is 19.2. The number of rotatable bonds is 7. The van der Waals surface area contributed by atoms with Crippen LogP contribution < -0.4 is 20.9 Å². The highest BCUT2D eigenvalue weighted by Gasteiger charge is 2.24. The van der Waals surface area contributed by atoms with Gasteiger partial charge in [0.2, 0.25) is 5.91 Å². The minimum atomic E-state index is -0.504. The van der Waals surface area contributed by atoms with Crippen LogP contribution in [0, 0.1) is 11.8 Å². The van der Waals surface area contributed by atoms with Gasteiger partial charge < -0.3 is 25.6 Å². The maximum Gasteiger partial charge on any atom is 0.407 e. The van der Waals surface area contributed by atoms with Crippen molar-refractivity contribution in [1.82, 2.24) is 25.9 Å². The van der Waals surface area contributed by atoms with Crippen LogP contribution in [-0.2, 0) is 9.53 Å². The lowest BCUT2D eigenvalue weighted by Crippen LogP contribution is -2.48. The molecule has 1 saturated heterocycles.